The van der Waals surface area contributed by atoms with Crippen LogP contribution in [0.25, 0.3) is 0 Å². The SMILES string of the molecule is CCN=C(N)N1CCC(F)(F)C1. The van der Waals surface area contributed by atoms with E-state index in [2.05, 4.69) is 4.99 Å². The van der Waals surface area contributed by atoms with Gasteiger partial charge in [-0.25, -0.2) is 8.78 Å². The van der Waals surface area contributed by atoms with Gasteiger partial charge in [0.1, 0.15) is 0 Å². The van der Waals surface area contributed by atoms with Crippen molar-refractivity contribution in [1.29, 1.82) is 0 Å². The molecular weight excluding hydrogens is 164 g/mol. The zero-order valence-electron chi connectivity index (χ0n) is 7.06. The third-order valence-corrected chi connectivity index (χ3v) is 1.81. The lowest BCUT2D eigenvalue weighted by Crippen LogP contribution is -2.37. The Morgan fingerprint density at radius 1 is 1.67 bits per heavy atom. The van der Waals surface area contributed by atoms with Crippen LogP contribution in [0.5, 0.6) is 0 Å². The Morgan fingerprint density at radius 2 is 2.33 bits per heavy atom. The molecule has 0 aromatic heterocycles. The minimum absolute atomic E-state index is 0.118. The largest absolute Gasteiger partial charge is 0.370 e. The molecule has 0 aromatic carbocycles. The summed E-state index contributed by atoms with van der Waals surface area (Å²) in [7, 11) is 0. The molecule has 5 heteroatoms. The Morgan fingerprint density at radius 3 is 2.75 bits per heavy atom. The maximum atomic E-state index is 12.6. The van der Waals surface area contributed by atoms with E-state index in [0.29, 0.717) is 13.1 Å². The number of likely N-dealkylation sites (tertiary alicyclic amines) is 1. The summed E-state index contributed by atoms with van der Waals surface area (Å²) in [6.45, 7) is 2.37. The van der Waals surface area contributed by atoms with Crippen LogP contribution in [0.15, 0.2) is 4.99 Å². The minimum atomic E-state index is -2.59. The highest BCUT2D eigenvalue weighted by Crippen LogP contribution is 2.26. The van der Waals surface area contributed by atoms with Crippen LogP contribution >= 0.6 is 0 Å². The third kappa shape index (κ3) is 2.06. The van der Waals surface area contributed by atoms with Crippen LogP contribution in [-0.4, -0.2) is 36.4 Å². The third-order valence-electron chi connectivity index (χ3n) is 1.81. The summed E-state index contributed by atoms with van der Waals surface area (Å²) in [6, 6.07) is 0. The van der Waals surface area contributed by atoms with Gasteiger partial charge in [-0.3, -0.25) is 4.99 Å². The van der Waals surface area contributed by atoms with Gasteiger partial charge in [-0.2, -0.15) is 0 Å². The summed E-state index contributed by atoms with van der Waals surface area (Å²) < 4.78 is 25.3. The Hall–Kier alpha value is -0.870. The molecule has 3 nitrogen and oxygen atoms in total. The van der Waals surface area contributed by atoms with Crippen LogP contribution in [0.3, 0.4) is 0 Å². The van der Waals surface area contributed by atoms with Crippen LogP contribution in [-0.2, 0) is 0 Å². The molecule has 0 saturated carbocycles. The molecule has 1 heterocycles. The maximum Gasteiger partial charge on any atom is 0.267 e. The highest BCUT2D eigenvalue weighted by atomic mass is 19.3. The van der Waals surface area contributed by atoms with E-state index in [1.807, 2.05) is 6.92 Å². The van der Waals surface area contributed by atoms with Crippen LogP contribution in [0.1, 0.15) is 13.3 Å². The summed E-state index contributed by atoms with van der Waals surface area (Å²) in [4.78, 5) is 5.28. The predicted octanol–water partition coefficient (Wildman–Crippen LogP) is 0.662. The molecule has 1 aliphatic rings. The average Bonchev–Trinajstić information content (AvgIpc) is 2.31. The van der Waals surface area contributed by atoms with E-state index in [1.54, 1.807) is 0 Å². The molecule has 2 N–H and O–H groups in total. The molecule has 0 spiro atoms. The highest BCUT2D eigenvalue weighted by molar-refractivity contribution is 5.78. The molecular formula is C7H13F2N3. The molecule has 0 bridgehead atoms. The maximum absolute atomic E-state index is 12.6. The molecule has 0 aliphatic carbocycles. The Balaban J connectivity index is 2.52. The number of rotatable bonds is 1. The number of hydrogen-bond acceptors (Lipinski definition) is 1. The van der Waals surface area contributed by atoms with Gasteiger partial charge in [0.2, 0.25) is 0 Å². The van der Waals surface area contributed by atoms with Crippen LogP contribution < -0.4 is 5.73 Å². The standard InChI is InChI=1S/C7H13F2N3/c1-2-11-6(10)12-4-3-7(8,9)5-12/h2-5H2,1H3,(H2,10,11). The summed E-state index contributed by atoms with van der Waals surface area (Å²) >= 11 is 0. The lowest BCUT2D eigenvalue weighted by molar-refractivity contribution is 0.0174. The minimum Gasteiger partial charge on any atom is -0.370 e. The normalized spacial score (nSPS) is 23.2. The molecule has 0 atom stereocenters. The second kappa shape index (κ2) is 3.25. The van der Waals surface area contributed by atoms with Gasteiger partial charge in [0.15, 0.2) is 5.96 Å². The fourth-order valence-electron chi connectivity index (χ4n) is 1.19. The smallest absolute Gasteiger partial charge is 0.267 e. The van der Waals surface area contributed by atoms with Crippen molar-refractivity contribution in [2.45, 2.75) is 19.3 Å². The van der Waals surface area contributed by atoms with Crippen molar-refractivity contribution in [1.82, 2.24) is 4.90 Å². The van der Waals surface area contributed by atoms with Gasteiger partial charge >= 0.3 is 0 Å². The molecule has 1 saturated heterocycles. The van der Waals surface area contributed by atoms with Gasteiger partial charge in [-0.15, -0.1) is 0 Å². The van der Waals surface area contributed by atoms with E-state index in [1.165, 1.54) is 4.90 Å². The van der Waals surface area contributed by atoms with E-state index in [-0.39, 0.29) is 18.9 Å². The van der Waals surface area contributed by atoms with Gasteiger partial charge < -0.3 is 10.6 Å². The molecule has 1 rings (SSSR count). The number of aliphatic imine (C=N–C) groups is 1. The number of hydrogen-bond donors (Lipinski definition) is 1. The van der Waals surface area contributed by atoms with Crippen LogP contribution in [0, 0.1) is 0 Å². The van der Waals surface area contributed by atoms with Crippen molar-refractivity contribution < 1.29 is 8.78 Å². The summed E-state index contributed by atoms with van der Waals surface area (Å²) in [5.41, 5.74) is 5.45. The molecule has 12 heavy (non-hydrogen) atoms. The second-order valence-electron chi connectivity index (χ2n) is 2.86. The number of nitrogens with zero attached hydrogens (tertiary/aromatic N) is 2. The molecule has 0 amide bonds. The second-order valence-corrected chi connectivity index (χ2v) is 2.86. The molecule has 1 aliphatic heterocycles. The van der Waals surface area contributed by atoms with Crippen molar-refractivity contribution in [2.75, 3.05) is 19.6 Å². The first-order valence-corrected chi connectivity index (χ1v) is 3.98. The fraction of sp³-hybridized carbons (Fsp3) is 0.857. The first-order valence-electron chi connectivity index (χ1n) is 3.98. The zero-order valence-corrected chi connectivity index (χ0v) is 7.06. The quantitative estimate of drug-likeness (QED) is 0.472. The van der Waals surface area contributed by atoms with E-state index < -0.39 is 5.92 Å². The predicted molar refractivity (Wildman–Crippen MR) is 43.3 cm³/mol. The van der Waals surface area contributed by atoms with Crippen molar-refractivity contribution >= 4 is 5.96 Å². The Bertz CT molecular complexity index is 191. The fourth-order valence-corrected chi connectivity index (χ4v) is 1.19. The summed E-state index contributed by atoms with van der Waals surface area (Å²) in [6.07, 6.45) is -0.118. The summed E-state index contributed by atoms with van der Waals surface area (Å²) in [5, 5.41) is 0. The Kier molecular flexibility index (Phi) is 2.49. The lowest BCUT2D eigenvalue weighted by atomic mass is 10.3. The lowest BCUT2D eigenvalue weighted by Gasteiger charge is -2.16. The van der Waals surface area contributed by atoms with Crippen LogP contribution in [0.2, 0.25) is 0 Å². The monoisotopic (exact) mass is 177 g/mol. The molecule has 0 radical (unpaired) electrons. The van der Waals surface area contributed by atoms with Crippen molar-refractivity contribution in [3.05, 3.63) is 0 Å². The number of nitrogens with two attached hydrogens (primary N) is 1. The van der Waals surface area contributed by atoms with Gasteiger partial charge in [0.25, 0.3) is 5.92 Å². The number of guanidine groups is 1. The van der Waals surface area contributed by atoms with Crippen molar-refractivity contribution in [2.24, 2.45) is 10.7 Å². The van der Waals surface area contributed by atoms with Gasteiger partial charge in [-0.1, -0.05) is 0 Å². The van der Waals surface area contributed by atoms with Gasteiger partial charge in [0, 0.05) is 19.5 Å². The first kappa shape index (κ1) is 9.22. The van der Waals surface area contributed by atoms with E-state index >= 15 is 0 Å². The van der Waals surface area contributed by atoms with Gasteiger partial charge in [-0.05, 0) is 6.92 Å². The van der Waals surface area contributed by atoms with E-state index in [9.17, 15) is 8.78 Å². The molecule has 70 valence electrons. The Labute approximate surface area is 70.2 Å². The van der Waals surface area contributed by atoms with E-state index in [4.69, 9.17) is 5.73 Å². The zero-order chi connectivity index (χ0) is 9.19. The number of halogens is 2. The summed E-state index contributed by atoms with van der Waals surface area (Å²) in [5.74, 6) is -2.36. The number of alkyl halides is 2. The average molecular weight is 177 g/mol. The molecule has 0 unspecified atom stereocenters. The molecule has 1 fully saturated rings. The highest BCUT2D eigenvalue weighted by Gasteiger charge is 2.38. The topological polar surface area (TPSA) is 41.6 Å². The molecule has 0 aromatic rings. The van der Waals surface area contributed by atoms with Crippen molar-refractivity contribution in [3.8, 4) is 0 Å². The van der Waals surface area contributed by atoms with E-state index in [0.717, 1.165) is 0 Å². The first-order chi connectivity index (χ1) is 5.55. The van der Waals surface area contributed by atoms with Crippen LogP contribution in [0.4, 0.5) is 8.78 Å². The van der Waals surface area contributed by atoms with Crippen molar-refractivity contribution in [3.63, 3.8) is 0 Å². The van der Waals surface area contributed by atoms with Gasteiger partial charge in [0.05, 0.1) is 6.54 Å².